The molecule has 4 aromatic rings. The molecule has 7 heteroatoms. The van der Waals surface area contributed by atoms with Gasteiger partial charge in [0.2, 0.25) is 0 Å². The Morgan fingerprint density at radius 1 is 0.968 bits per heavy atom. The minimum absolute atomic E-state index is 0.198. The van der Waals surface area contributed by atoms with Crippen molar-refractivity contribution >= 4 is 26.7 Å². The van der Waals surface area contributed by atoms with Crippen LogP contribution < -0.4 is 5.32 Å². The molecule has 2 aromatic heterocycles. The molecular weight excluding hydrogens is 411 g/mol. The number of hydrogen-bond acceptors (Lipinski definition) is 6. The zero-order valence-corrected chi connectivity index (χ0v) is 17.9. The van der Waals surface area contributed by atoms with E-state index in [-0.39, 0.29) is 5.82 Å². The number of hydrogen-bond donors (Lipinski definition) is 1. The number of halogens is 1. The Bertz CT molecular complexity index is 1170. The van der Waals surface area contributed by atoms with E-state index in [9.17, 15) is 4.39 Å². The molecule has 0 aliphatic carbocycles. The molecule has 1 aliphatic rings. The highest BCUT2D eigenvalue weighted by molar-refractivity contribution is 7.22. The van der Waals surface area contributed by atoms with E-state index in [0.717, 1.165) is 70.5 Å². The second-order valence-electron chi connectivity index (χ2n) is 7.59. The molecule has 2 aromatic carbocycles. The van der Waals surface area contributed by atoms with Crippen molar-refractivity contribution in [3.05, 3.63) is 77.9 Å². The molecule has 5 rings (SSSR count). The molecule has 1 N–H and O–H groups in total. The minimum atomic E-state index is -0.198. The van der Waals surface area contributed by atoms with E-state index in [2.05, 4.69) is 33.4 Å². The van der Waals surface area contributed by atoms with Crippen LogP contribution >= 0.6 is 11.3 Å². The van der Waals surface area contributed by atoms with Crippen molar-refractivity contribution in [2.45, 2.75) is 13.1 Å². The highest BCUT2D eigenvalue weighted by atomic mass is 32.1. The summed E-state index contributed by atoms with van der Waals surface area (Å²) >= 11 is 1.63. The van der Waals surface area contributed by atoms with Gasteiger partial charge in [-0.25, -0.2) is 9.37 Å². The van der Waals surface area contributed by atoms with Crippen molar-refractivity contribution < 1.29 is 9.13 Å². The van der Waals surface area contributed by atoms with E-state index in [4.69, 9.17) is 9.72 Å². The van der Waals surface area contributed by atoms with E-state index in [1.165, 1.54) is 6.07 Å². The Kier molecular flexibility index (Phi) is 5.88. The molecule has 158 valence electrons. The van der Waals surface area contributed by atoms with Gasteiger partial charge in [0.25, 0.3) is 0 Å². The number of aromatic nitrogens is 2. The second-order valence-corrected chi connectivity index (χ2v) is 8.62. The molecule has 5 nitrogen and oxygen atoms in total. The molecular formula is C24H23FN4OS. The first-order valence-corrected chi connectivity index (χ1v) is 11.2. The van der Waals surface area contributed by atoms with E-state index in [0.29, 0.717) is 6.54 Å². The highest BCUT2D eigenvalue weighted by Crippen LogP contribution is 2.30. The average molecular weight is 435 g/mol. The summed E-state index contributed by atoms with van der Waals surface area (Å²) < 4.78 is 20.5. The van der Waals surface area contributed by atoms with Gasteiger partial charge in [-0.15, -0.1) is 0 Å². The van der Waals surface area contributed by atoms with E-state index in [1.807, 2.05) is 18.2 Å². The third kappa shape index (κ3) is 4.74. The molecule has 31 heavy (non-hydrogen) atoms. The number of rotatable bonds is 6. The molecule has 1 saturated heterocycles. The summed E-state index contributed by atoms with van der Waals surface area (Å²) in [6, 6.07) is 15.3. The highest BCUT2D eigenvalue weighted by Gasteiger charge is 2.14. The number of anilines is 1. The SMILES string of the molecule is Fc1ccc(CNc2nc3ccc(-c4ccncc4)cc3s2)c(CN2CCOCC2)c1. The van der Waals surface area contributed by atoms with Gasteiger partial charge >= 0.3 is 0 Å². The first kappa shape index (κ1) is 20.1. The standard InChI is InChI=1S/C24H23FN4OS/c25-21-3-1-19(20(13-21)16-29-9-11-30-12-10-29)15-27-24-28-22-4-2-18(14-23(22)31-24)17-5-7-26-8-6-17/h1-8,13-14H,9-12,15-16H2,(H,27,28). The molecule has 0 bridgehead atoms. The number of fused-ring (bicyclic) bond motifs is 1. The smallest absolute Gasteiger partial charge is 0.184 e. The first-order chi connectivity index (χ1) is 15.2. The predicted octanol–water partition coefficient (Wildman–Crippen LogP) is 4.94. The van der Waals surface area contributed by atoms with Crippen LogP contribution in [-0.2, 0) is 17.8 Å². The summed E-state index contributed by atoms with van der Waals surface area (Å²) in [6.45, 7) is 4.55. The fraction of sp³-hybridized carbons (Fsp3) is 0.250. The molecule has 0 amide bonds. The lowest BCUT2D eigenvalue weighted by Gasteiger charge is -2.27. The zero-order chi connectivity index (χ0) is 21.0. The lowest BCUT2D eigenvalue weighted by molar-refractivity contribution is 0.0340. The summed E-state index contributed by atoms with van der Waals surface area (Å²) in [4.78, 5) is 11.1. The normalized spacial score (nSPS) is 14.7. The van der Waals surface area contributed by atoms with Crippen molar-refractivity contribution in [2.24, 2.45) is 0 Å². The van der Waals surface area contributed by atoms with Crippen LogP contribution in [-0.4, -0.2) is 41.2 Å². The summed E-state index contributed by atoms with van der Waals surface area (Å²) in [7, 11) is 0. The van der Waals surface area contributed by atoms with E-state index >= 15 is 0 Å². The van der Waals surface area contributed by atoms with Crippen LogP contribution in [0.2, 0.25) is 0 Å². The quantitative estimate of drug-likeness (QED) is 0.466. The van der Waals surface area contributed by atoms with Crippen LogP contribution in [0.5, 0.6) is 0 Å². The van der Waals surface area contributed by atoms with Gasteiger partial charge in [0, 0.05) is 38.6 Å². The fourth-order valence-corrected chi connectivity index (χ4v) is 4.71. The molecule has 1 aliphatic heterocycles. The van der Waals surface area contributed by atoms with Crippen LogP contribution in [0.1, 0.15) is 11.1 Å². The number of nitrogens with zero attached hydrogens (tertiary/aromatic N) is 3. The number of benzene rings is 2. The molecule has 3 heterocycles. The van der Waals surface area contributed by atoms with Gasteiger partial charge < -0.3 is 10.1 Å². The number of thiazole rings is 1. The molecule has 0 saturated carbocycles. The van der Waals surface area contributed by atoms with Gasteiger partial charge in [0.15, 0.2) is 5.13 Å². The molecule has 0 atom stereocenters. The Morgan fingerprint density at radius 2 is 1.81 bits per heavy atom. The van der Waals surface area contributed by atoms with Gasteiger partial charge in [0.05, 0.1) is 23.4 Å². The van der Waals surface area contributed by atoms with Crippen molar-refractivity contribution in [3.8, 4) is 11.1 Å². The van der Waals surface area contributed by atoms with Gasteiger partial charge in [-0.2, -0.15) is 0 Å². The maximum Gasteiger partial charge on any atom is 0.184 e. The van der Waals surface area contributed by atoms with E-state index in [1.54, 1.807) is 29.8 Å². The maximum atomic E-state index is 13.9. The maximum absolute atomic E-state index is 13.9. The van der Waals surface area contributed by atoms with Crippen molar-refractivity contribution in [2.75, 3.05) is 31.6 Å². The van der Waals surface area contributed by atoms with E-state index < -0.39 is 0 Å². The predicted molar refractivity (Wildman–Crippen MR) is 123 cm³/mol. The zero-order valence-electron chi connectivity index (χ0n) is 17.1. The van der Waals surface area contributed by atoms with Crippen LogP contribution in [0, 0.1) is 5.82 Å². The summed E-state index contributed by atoms with van der Waals surface area (Å²) in [6.07, 6.45) is 3.60. The first-order valence-electron chi connectivity index (χ1n) is 10.4. The molecule has 0 radical (unpaired) electrons. The molecule has 0 unspecified atom stereocenters. The van der Waals surface area contributed by atoms with Crippen molar-refractivity contribution in [3.63, 3.8) is 0 Å². The number of ether oxygens (including phenoxy) is 1. The Labute approximate surface area is 184 Å². The van der Waals surface area contributed by atoms with Gasteiger partial charge in [-0.3, -0.25) is 9.88 Å². The topological polar surface area (TPSA) is 50.3 Å². The summed E-state index contributed by atoms with van der Waals surface area (Å²) in [5, 5.41) is 4.30. The van der Waals surface area contributed by atoms with Crippen molar-refractivity contribution in [1.29, 1.82) is 0 Å². The number of nitrogens with one attached hydrogen (secondary N) is 1. The van der Waals surface area contributed by atoms with Crippen LogP contribution in [0.15, 0.2) is 60.9 Å². The lowest BCUT2D eigenvalue weighted by atomic mass is 10.1. The minimum Gasteiger partial charge on any atom is -0.379 e. The second kappa shape index (κ2) is 9.09. The summed E-state index contributed by atoms with van der Waals surface area (Å²) in [5.74, 6) is -0.198. The van der Waals surface area contributed by atoms with Crippen LogP contribution in [0.25, 0.3) is 21.3 Å². The average Bonchev–Trinajstić information content (AvgIpc) is 3.22. The number of pyridine rings is 1. The number of morpholine rings is 1. The van der Waals surface area contributed by atoms with Crippen LogP contribution in [0.4, 0.5) is 9.52 Å². The van der Waals surface area contributed by atoms with Gasteiger partial charge in [-0.1, -0.05) is 23.5 Å². The third-order valence-electron chi connectivity index (χ3n) is 5.50. The summed E-state index contributed by atoms with van der Waals surface area (Å²) in [5.41, 5.74) is 5.35. The van der Waals surface area contributed by atoms with Crippen LogP contribution in [0.3, 0.4) is 0 Å². The fourth-order valence-electron chi connectivity index (χ4n) is 3.81. The monoisotopic (exact) mass is 434 g/mol. The molecule has 1 fully saturated rings. The lowest BCUT2D eigenvalue weighted by Crippen LogP contribution is -2.36. The Balaban J connectivity index is 1.32. The molecule has 0 spiro atoms. The van der Waals surface area contributed by atoms with Crippen molar-refractivity contribution in [1.82, 2.24) is 14.9 Å². The Hall–Kier alpha value is -2.87. The third-order valence-corrected chi connectivity index (χ3v) is 6.47. The largest absolute Gasteiger partial charge is 0.379 e. The van der Waals surface area contributed by atoms with Gasteiger partial charge in [-0.05, 0) is 58.7 Å². The van der Waals surface area contributed by atoms with Gasteiger partial charge in [0.1, 0.15) is 5.82 Å². The Morgan fingerprint density at radius 3 is 2.65 bits per heavy atom.